The van der Waals surface area contributed by atoms with Crippen LogP contribution in [-0.4, -0.2) is 17.4 Å². The summed E-state index contributed by atoms with van der Waals surface area (Å²) in [6, 6.07) is 3.53. The Morgan fingerprint density at radius 2 is 2.09 bits per heavy atom. The number of benzene rings is 1. The van der Waals surface area contributed by atoms with Crippen molar-refractivity contribution in [2.24, 2.45) is 0 Å². The number of nitrogens with one attached hydrogen (secondary N) is 1. The Balaban J connectivity index is 2.07. The van der Waals surface area contributed by atoms with Crippen molar-refractivity contribution < 1.29 is 18.3 Å². The van der Waals surface area contributed by atoms with Crippen LogP contribution in [0, 0.1) is 11.6 Å². The highest BCUT2D eigenvalue weighted by Gasteiger charge is 2.23. The molecule has 22 heavy (non-hydrogen) atoms. The molecule has 0 bridgehead atoms. The molecule has 1 N–H and O–H groups in total. The van der Waals surface area contributed by atoms with E-state index in [2.05, 4.69) is 25.6 Å². The molecule has 2 rings (SSSR count). The first-order chi connectivity index (χ1) is 10.5. The van der Waals surface area contributed by atoms with Crippen LogP contribution in [-0.2, 0) is 11.3 Å². The number of carbonyl (C=O) groups is 1. The minimum atomic E-state index is -0.935. The van der Waals surface area contributed by atoms with Crippen LogP contribution >= 0.6 is 27.5 Å². The van der Waals surface area contributed by atoms with Gasteiger partial charge in [-0.15, -0.1) is 0 Å². The van der Waals surface area contributed by atoms with Gasteiger partial charge in [0.1, 0.15) is 11.6 Å². The molecular weight excluding hydrogens is 378 g/mol. The maximum Gasteiger partial charge on any atom is 0.239 e. The smallest absolute Gasteiger partial charge is 0.239 e. The molecule has 4 nitrogen and oxygen atoms in total. The van der Waals surface area contributed by atoms with Gasteiger partial charge < -0.3 is 10.1 Å². The highest BCUT2D eigenvalue weighted by atomic mass is 79.9. The van der Waals surface area contributed by atoms with E-state index in [4.69, 9.17) is 4.74 Å². The van der Waals surface area contributed by atoms with Crippen LogP contribution in [0.25, 0.3) is 0 Å². The van der Waals surface area contributed by atoms with Gasteiger partial charge in [-0.25, -0.2) is 8.78 Å². The monoisotopic (exact) mass is 390 g/mol. The van der Waals surface area contributed by atoms with Gasteiger partial charge in [0.15, 0.2) is 0 Å². The molecular formula is C14H13BrF2N2O2S. The number of carbonyl (C=O) groups excluding carboxylic acids is 1. The van der Waals surface area contributed by atoms with E-state index in [1.54, 1.807) is 0 Å². The quantitative estimate of drug-likeness (QED) is 0.847. The van der Waals surface area contributed by atoms with E-state index in [1.165, 1.54) is 31.6 Å². The molecule has 0 fully saturated rings. The van der Waals surface area contributed by atoms with Gasteiger partial charge in [-0.05, 0) is 46.5 Å². The molecule has 1 aromatic heterocycles. The summed E-state index contributed by atoms with van der Waals surface area (Å²) in [6.07, 6.45) is 0. The molecule has 1 aromatic carbocycles. The standard InChI is InChI=1S/C14H13BrF2N2O2S/c1-7(11-8(16)4-3-5-9(11)17)13(20)18-6-10-12(15)14(21-2)19-22-10/h3-5,7H,6H2,1-2H3,(H,18,20). The van der Waals surface area contributed by atoms with Crippen molar-refractivity contribution in [3.8, 4) is 5.88 Å². The molecule has 0 radical (unpaired) electrons. The Morgan fingerprint density at radius 1 is 1.45 bits per heavy atom. The fraction of sp³-hybridized carbons (Fsp3) is 0.286. The van der Waals surface area contributed by atoms with Crippen molar-refractivity contribution in [2.75, 3.05) is 7.11 Å². The third kappa shape index (κ3) is 3.44. The molecule has 118 valence electrons. The summed E-state index contributed by atoms with van der Waals surface area (Å²) in [5, 5.41) is 2.64. The number of ether oxygens (including phenoxy) is 1. The van der Waals surface area contributed by atoms with Gasteiger partial charge in [0.05, 0.1) is 28.9 Å². The van der Waals surface area contributed by atoms with E-state index >= 15 is 0 Å². The molecule has 1 atom stereocenters. The summed E-state index contributed by atoms with van der Waals surface area (Å²) in [4.78, 5) is 12.9. The van der Waals surface area contributed by atoms with Crippen LogP contribution < -0.4 is 10.1 Å². The van der Waals surface area contributed by atoms with E-state index in [-0.39, 0.29) is 12.1 Å². The SMILES string of the molecule is COc1nsc(CNC(=O)C(C)c2c(F)cccc2F)c1Br. The van der Waals surface area contributed by atoms with Crippen molar-refractivity contribution >= 4 is 33.4 Å². The Morgan fingerprint density at radius 3 is 2.64 bits per heavy atom. The molecule has 1 amide bonds. The normalized spacial score (nSPS) is 12.0. The van der Waals surface area contributed by atoms with Crippen molar-refractivity contribution in [3.05, 3.63) is 44.7 Å². The van der Waals surface area contributed by atoms with Crippen molar-refractivity contribution in [1.29, 1.82) is 0 Å². The lowest BCUT2D eigenvalue weighted by Crippen LogP contribution is -2.28. The maximum atomic E-state index is 13.7. The maximum absolute atomic E-state index is 13.7. The third-order valence-electron chi connectivity index (χ3n) is 3.11. The predicted molar refractivity (Wildman–Crippen MR) is 83.0 cm³/mol. The number of hydrogen-bond acceptors (Lipinski definition) is 4. The molecule has 1 unspecified atom stereocenters. The fourth-order valence-electron chi connectivity index (χ4n) is 1.91. The zero-order valence-corrected chi connectivity index (χ0v) is 14.2. The Hall–Kier alpha value is -1.54. The number of aromatic nitrogens is 1. The molecule has 2 aromatic rings. The molecule has 0 spiro atoms. The first-order valence-electron chi connectivity index (χ1n) is 6.35. The number of halogens is 3. The van der Waals surface area contributed by atoms with Gasteiger partial charge in [0.25, 0.3) is 0 Å². The molecule has 0 aliphatic carbocycles. The summed E-state index contributed by atoms with van der Waals surface area (Å²) in [5.74, 6) is -2.44. The number of rotatable bonds is 5. The lowest BCUT2D eigenvalue weighted by molar-refractivity contribution is -0.122. The topological polar surface area (TPSA) is 51.2 Å². The second-order valence-electron chi connectivity index (χ2n) is 4.50. The summed E-state index contributed by atoms with van der Waals surface area (Å²) in [5.41, 5.74) is -0.235. The number of methoxy groups -OCH3 is 1. The average molecular weight is 391 g/mol. The first kappa shape index (κ1) is 16.8. The Kier molecular flexibility index (Phi) is 5.47. The number of amides is 1. The minimum absolute atomic E-state index is 0.195. The van der Waals surface area contributed by atoms with E-state index in [0.29, 0.717) is 10.4 Å². The highest BCUT2D eigenvalue weighted by Crippen LogP contribution is 2.31. The zero-order chi connectivity index (χ0) is 16.3. The van der Waals surface area contributed by atoms with Crippen molar-refractivity contribution in [2.45, 2.75) is 19.4 Å². The van der Waals surface area contributed by atoms with Crippen LogP contribution in [0.2, 0.25) is 0 Å². The van der Waals surface area contributed by atoms with E-state index in [0.717, 1.165) is 17.0 Å². The van der Waals surface area contributed by atoms with Gasteiger partial charge in [-0.2, -0.15) is 4.37 Å². The van der Waals surface area contributed by atoms with Gasteiger partial charge in [-0.3, -0.25) is 4.79 Å². The molecule has 0 aliphatic rings. The second-order valence-corrected chi connectivity index (χ2v) is 6.15. The average Bonchev–Trinajstić information content (AvgIpc) is 2.84. The van der Waals surface area contributed by atoms with Crippen LogP contribution in [0.4, 0.5) is 8.78 Å². The molecule has 0 saturated carbocycles. The van der Waals surface area contributed by atoms with Gasteiger partial charge in [0.2, 0.25) is 11.8 Å². The van der Waals surface area contributed by atoms with E-state index in [9.17, 15) is 13.6 Å². The summed E-state index contributed by atoms with van der Waals surface area (Å²) in [6.45, 7) is 1.65. The van der Waals surface area contributed by atoms with Crippen molar-refractivity contribution in [3.63, 3.8) is 0 Å². The number of hydrogen-bond donors (Lipinski definition) is 1. The fourth-order valence-corrected chi connectivity index (χ4v) is 3.30. The zero-order valence-electron chi connectivity index (χ0n) is 11.8. The van der Waals surface area contributed by atoms with Crippen molar-refractivity contribution in [1.82, 2.24) is 9.69 Å². The minimum Gasteiger partial charge on any atom is -0.480 e. The largest absolute Gasteiger partial charge is 0.480 e. The summed E-state index contributed by atoms with van der Waals surface area (Å²) < 4.78 is 37.1. The first-order valence-corrected chi connectivity index (χ1v) is 7.92. The third-order valence-corrected chi connectivity index (χ3v) is 5.02. The Labute approximate surface area is 138 Å². The van der Waals surface area contributed by atoms with E-state index in [1.807, 2.05) is 0 Å². The molecule has 8 heteroatoms. The van der Waals surface area contributed by atoms with Crippen LogP contribution in [0.5, 0.6) is 5.88 Å². The number of nitrogens with zero attached hydrogens (tertiary/aromatic N) is 1. The molecule has 1 heterocycles. The Bertz CT molecular complexity index is 673. The van der Waals surface area contributed by atoms with Crippen LogP contribution in [0.1, 0.15) is 23.3 Å². The van der Waals surface area contributed by atoms with Gasteiger partial charge in [0, 0.05) is 5.56 Å². The van der Waals surface area contributed by atoms with Gasteiger partial charge in [-0.1, -0.05) is 6.07 Å². The summed E-state index contributed by atoms with van der Waals surface area (Å²) >= 11 is 4.49. The van der Waals surface area contributed by atoms with Gasteiger partial charge >= 0.3 is 0 Å². The lowest BCUT2D eigenvalue weighted by atomic mass is 9.99. The second kappa shape index (κ2) is 7.15. The summed E-state index contributed by atoms with van der Waals surface area (Å²) in [7, 11) is 1.49. The molecule has 0 aliphatic heterocycles. The lowest BCUT2D eigenvalue weighted by Gasteiger charge is -2.13. The van der Waals surface area contributed by atoms with Crippen LogP contribution in [0.15, 0.2) is 22.7 Å². The van der Waals surface area contributed by atoms with Crippen LogP contribution in [0.3, 0.4) is 0 Å². The molecule has 0 saturated heterocycles. The van der Waals surface area contributed by atoms with E-state index < -0.39 is 23.5 Å². The highest BCUT2D eigenvalue weighted by molar-refractivity contribution is 9.10. The predicted octanol–water partition coefficient (Wildman–Crippen LogP) is 3.61.